The number of rotatable bonds is 4. The summed E-state index contributed by atoms with van der Waals surface area (Å²) in [5.74, 6) is 0.0315. The number of carbonyl (C=O) groups excluding carboxylic acids is 2. The van der Waals surface area contributed by atoms with Crippen molar-refractivity contribution in [3.05, 3.63) is 36.4 Å². The Morgan fingerprint density at radius 2 is 2.12 bits per heavy atom. The van der Waals surface area contributed by atoms with E-state index in [9.17, 15) is 9.59 Å². The molecule has 0 spiro atoms. The van der Waals surface area contributed by atoms with E-state index in [4.69, 9.17) is 0 Å². The van der Waals surface area contributed by atoms with Crippen LogP contribution in [0.25, 0.3) is 5.69 Å². The molecule has 8 heteroatoms. The lowest BCUT2D eigenvalue weighted by atomic mass is 9.96. The van der Waals surface area contributed by atoms with Gasteiger partial charge >= 0.3 is 0 Å². The van der Waals surface area contributed by atoms with Crippen LogP contribution in [0.5, 0.6) is 0 Å². The van der Waals surface area contributed by atoms with Crippen molar-refractivity contribution in [2.24, 2.45) is 5.92 Å². The first kappa shape index (κ1) is 16.1. The molecular formula is C16H20N6O2. The van der Waals surface area contributed by atoms with Crippen LogP contribution in [-0.2, 0) is 16.1 Å². The van der Waals surface area contributed by atoms with Gasteiger partial charge in [-0.25, -0.2) is 4.68 Å². The van der Waals surface area contributed by atoms with Gasteiger partial charge in [0.25, 0.3) is 0 Å². The highest BCUT2D eigenvalue weighted by Crippen LogP contribution is 2.17. The summed E-state index contributed by atoms with van der Waals surface area (Å²) in [6.07, 6.45) is 6.57. The van der Waals surface area contributed by atoms with E-state index < -0.39 is 0 Å². The zero-order valence-corrected chi connectivity index (χ0v) is 13.6. The minimum Gasteiger partial charge on any atom is -0.350 e. The highest BCUT2D eigenvalue weighted by molar-refractivity contribution is 5.79. The van der Waals surface area contributed by atoms with Gasteiger partial charge in [0, 0.05) is 32.1 Å². The second-order valence-electron chi connectivity index (χ2n) is 5.86. The van der Waals surface area contributed by atoms with Crippen LogP contribution in [-0.4, -0.2) is 49.8 Å². The van der Waals surface area contributed by atoms with Gasteiger partial charge in [0.05, 0.1) is 24.6 Å². The fourth-order valence-corrected chi connectivity index (χ4v) is 2.77. The van der Waals surface area contributed by atoms with Crippen LogP contribution in [0.4, 0.5) is 0 Å². The lowest BCUT2D eigenvalue weighted by molar-refractivity contribution is -0.134. The van der Waals surface area contributed by atoms with Crippen molar-refractivity contribution >= 4 is 11.8 Å². The first-order valence-corrected chi connectivity index (χ1v) is 7.98. The Labute approximate surface area is 139 Å². The maximum Gasteiger partial charge on any atom is 0.223 e. The third kappa shape index (κ3) is 3.76. The highest BCUT2D eigenvalue weighted by Gasteiger charge is 2.25. The molecule has 0 atom stereocenters. The summed E-state index contributed by atoms with van der Waals surface area (Å²) in [5.41, 5.74) is 1.51. The molecule has 2 amide bonds. The van der Waals surface area contributed by atoms with Crippen LogP contribution < -0.4 is 5.32 Å². The van der Waals surface area contributed by atoms with Crippen LogP contribution in [0.2, 0.25) is 0 Å². The Morgan fingerprint density at radius 1 is 1.33 bits per heavy atom. The Balaban J connectivity index is 1.50. The fourth-order valence-electron chi connectivity index (χ4n) is 2.77. The van der Waals surface area contributed by atoms with Gasteiger partial charge in [0.1, 0.15) is 5.69 Å². The minimum absolute atomic E-state index is 0.00845. The molecule has 1 aliphatic rings. The van der Waals surface area contributed by atoms with Crippen LogP contribution >= 0.6 is 0 Å². The Kier molecular flexibility index (Phi) is 4.83. The number of likely N-dealkylation sites (tertiary alicyclic amines) is 1. The molecule has 126 valence electrons. The molecule has 0 aromatic carbocycles. The fraction of sp³-hybridized carbons (Fsp3) is 0.438. The van der Waals surface area contributed by atoms with Crippen LogP contribution in [0, 0.1) is 5.92 Å². The van der Waals surface area contributed by atoms with Crippen molar-refractivity contribution in [1.82, 2.24) is 30.2 Å². The summed E-state index contributed by atoms with van der Waals surface area (Å²) >= 11 is 0. The second kappa shape index (κ2) is 7.20. The number of nitrogens with zero attached hydrogens (tertiary/aromatic N) is 5. The first-order chi connectivity index (χ1) is 11.6. The van der Waals surface area contributed by atoms with E-state index in [0.29, 0.717) is 38.2 Å². The Hall–Kier alpha value is -2.77. The smallest absolute Gasteiger partial charge is 0.223 e. The number of hydrogen-bond donors (Lipinski definition) is 1. The van der Waals surface area contributed by atoms with E-state index in [-0.39, 0.29) is 17.7 Å². The molecule has 0 radical (unpaired) electrons. The average molecular weight is 328 g/mol. The standard InChI is InChI=1S/C16H20N6O2/c1-12(23)21-7-4-13(5-8-21)16(24)18-9-14-11-22(20-19-14)15-3-2-6-17-10-15/h2-3,6,10-11,13H,4-5,7-9H2,1H3,(H,18,24). The summed E-state index contributed by atoms with van der Waals surface area (Å²) in [6.45, 7) is 3.19. The molecule has 0 aliphatic carbocycles. The Bertz CT molecular complexity index is 706. The predicted octanol–water partition coefficient (Wildman–Crippen LogP) is 0.537. The van der Waals surface area contributed by atoms with Gasteiger partial charge in [-0.05, 0) is 25.0 Å². The van der Waals surface area contributed by atoms with Crippen molar-refractivity contribution in [1.29, 1.82) is 0 Å². The normalized spacial score (nSPS) is 15.3. The number of pyridine rings is 1. The molecule has 0 unspecified atom stereocenters. The zero-order valence-electron chi connectivity index (χ0n) is 13.6. The summed E-state index contributed by atoms with van der Waals surface area (Å²) in [4.78, 5) is 29.4. The molecule has 1 aliphatic heterocycles. The van der Waals surface area contributed by atoms with Crippen LogP contribution in [0.15, 0.2) is 30.7 Å². The molecule has 8 nitrogen and oxygen atoms in total. The van der Waals surface area contributed by atoms with Crippen LogP contribution in [0.1, 0.15) is 25.5 Å². The van der Waals surface area contributed by atoms with E-state index in [0.717, 1.165) is 5.69 Å². The molecule has 2 aromatic heterocycles. The SMILES string of the molecule is CC(=O)N1CCC(C(=O)NCc2cn(-c3cccnc3)nn2)CC1. The maximum absolute atomic E-state index is 12.2. The van der Waals surface area contributed by atoms with Gasteiger partial charge in [-0.1, -0.05) is 5.21 Å². The van der Waals surface area contributed by atoms with Gasteiger partial charge in [0.2, 0.25) is 11.8 Å². The van der Waals surface area contributed by atoms with Crippen molar-refractivity contribution in [3.8, 4) is 5.69 Å². The molecule has 1 N–H and O–H groups in total. The van der Waals surface area contributed by atoms with Gasteiger partial charge in [-0.15, -0.1) is 5.10 Å². The number of hydrogen-bond acceptors (Lipinski definition) is 5. The molecule has 1 fully saturated rings. The molecule has 2 aromatic rings. The van der Waals surface area contributed by atoms with Crippen molar-refractivity contribution < 1.29 is 9.59 Å². The zero-order chi connectivity index (χ0) is 16.9. The number of piperidine rings is 1. The minimum atomic E-state index is -0.0473. The third-order valence-electron chi connectivity index (χ3n) is 4.21. The summed E-state index contributed by atoms with van der Waals surface area (Å²) in [6, 6.07) is 3.71. The summed E-state index contributed by atoms with van der Waals surface area (Å²) < 4.78 is 1.62. The molecule has 3 rings (SSSR count). The van der Waals surface area contributed by atoms with E-state index >= 15 is 0 Å². The van der Waals surface area contributed by atoms with E-state index in [2.05, 4.69) is 20.6 Å². The number of aromatic nitrogens is 4. The van der Waals surface area contributed by atoms with Crippen molar-refractivity contribution in [2.75, 3.05) is 13.1 Å². The number of nitrogens with one attached hydrogen (secondary N) is 1. The largest absolute Gasteiger partial charge is 0.350 e. The van der Waals surface area contributed by atoms with Crippen molar-refractivity contribution in [3.63, 3.8) is 0 Å². The summed E-state index contributed by atoms with van der Waals surface area (Å²) in [5, 5.41) is 11.0. The average Bonchev–Trinajstić information content (AvgIpc) is 3.09. The van der Waals surface area contributed by atoms with Gasteiger partial charge < -0.3 is 10.2 Å². The molecular weight excluding hydrogens is 308 g/mol. The predicted molar refractivity (Wildman–Crippen MR) is 86.0 cm³/mol. The van der Waals surface area contributed by atoms with Crippen LogP contribution in [0.3, 0.4) is 0 Å². The molecule has 3 heterocycles. The molecule has 0 saturated carbocycles. The second-order valence-corrected chi connectivity index (χ2v) is 5.86. The van der Waals surface area contributed by atoms with Gasteiger partial charge in [-0.2, -0.15) is 0 Å². The summed E-state index contributed by atoms with van der Waals surface area (Å²) in [7, 11) is 0. The third-order valence-corrected chi connectivity index (χ3v) is 4.21. The van der Waals surface area contributed by atoms with Gasteiger partial charge in [-0.3, -0.25) is 14.6 Å². The molecule has 0 bridgehead atoms. The quantitative estimate of drug-likeness (QED) is 0.884. The maximum atomic E-state index is 12.2. The van der Waals surface area contributed by atoms with E-state index in [1.54, 1.807) is 35.1 Å². The molecule has 24 heavy (non-hydrogen) atoms. The Morgan fingerprint density at radius 3 is 2.79 bits per heavy atom. The topological polar surface area (TPSA) is 93.0 Å². The van der Waals surface area contributed by atoms with Gasteiger partial charge in [0.15, 0.2) is 0 Å². The lowest BCUT2D eigenvalue weighted by Gasteiger charge is -2.30. The van der Waals surface area contributed by atoms with E-state index in [1.807, 2.05) is 12.1 Å². The number of amides is 2. The first-order valence-electron chi connectivity index (χ1n) is 7.98. The molecule has 1 saturated heterocycles. The monoisotopic (exact) mass is 328 g/mol. The van der Waals surface area contributed by atoms with Crippen molar-refractivity contribution in [2.45, 2.75) is 26.3 Å². The number of carbonyl (C=O) groups is 2. The van der Waals surface area contributed by atoms with E-state index in [1.165, 1.54) is 0 Å². The highest BCUT2D eigenvalue weighted by atomic mass is 16.2. The lowest BCUT2D eigenvalue weighted by Crippen LogP contribution is -2.42.